The van der Waals surface area contributed by atoms with Crippen LogP contribution in [0.4, 0.5) is 11.5 Å². The number of benzene rings is 1. The molecule has 3 rings (SSSR count). The fraction of sp³-hybridized carbons (Fsp3) is 0.308. The molecule has 0 spiro atoms. The third-order valence-electron chi connectivity index (χ3n) is 3.02. The normalized spacial score (nSPS) is 14.3. The Morgan fingerprint density at radius 1 is 1.37 bits per heavy atom. The number of rotatable bonds is 4. The second-order valence-corrected chi connectivity index (χ2v) is 4.69. The second-order valence-electron chi connectivity index (χ2n) is 4.69. The van der Waals surface area contributed by atoms with Crippen molar-refractivity contribution in [3.63, 3.8) is 0 Å². The Balaban J connectivity index is 1.76. The minimum atomic E-state index is -0.0156. The molecule has 0 radical (unpaired) electrons. The molecule has 1 saturated carbocycles. The summed E-state index contributed by atoms with van der Waals surface area (Å²) in [6, 6.07) is 5.80. The molecule has 1 fully saturated rings. The average Bonchev–Trinajstić information content (AvgIpc) is 3.20. The van der Waals surface area contributed by atoms with Gasteiger partial charge in [-0.05, 0) is 31.0 Å². The minimum Gasteiger partial charge on any atom is -0.399 e. The van der Waals surface area contributed by atoms with Crippen molar-refractivity contribution in [3.8, 4) is 0 Å². The van der Waals surface area contributed by atoms with Crippen LogP contribution in [-0.4, -0.2) is 28.5 Å². The van der Waals surface area contributed by atoms with Gasteiger partial charge >= 0.3 is 0 Å². The summed E-state index contributed by atoms with van der Waals surface area (Å²) < 4.78 is 0. The molecular weight excluding hydrogens is 242 g/mol. The number of amides is 1. The summed E-state index contributed by atoms with van der Waals surface area (Å²) in [5.41, 5.74) is 7.21. The number of nitrogens with two attached hydrogens (primary N) is 1. The van der Waals surface area contributed by atoms with Crippen LogP contribution < -0.4 is 16.4 Å². The largest absolute Gasteiger partial charge is 0.399 e. The second kappa shape index (κ2) is 4.72. The minimum absolute atomic E-state index is 0.0156. The molecule has 0 aliphatic heterocycles. The maximum atomic E-state index is 11.6. The average molecular weight is 257 g/mol. The van der Waals surface area contributed by atoms with Gasteiger partial charge in [-0.1, -0.05) is 0 Å². The van der Waals surface area contributed by atoms with E-state index in [1.807, 2.05) is 6.07 Å². The highest BCUT2D eigenvalue weighted by Crippen LogP contribution is 2.21. The van der Waals surface area contributed by atoms with Gasteiger partial charge < -0.3 is 16.4 Å². The maximum Gasteiger partial charge on any atom is 0.239 e. The van der Waals surface area contributed by atoms with Crippen molar-refractivity contribution in [2.45, 2.75) is 18.9 Å². The Hall–Kier alpha value is -2.37. The number of anilines is 2. The number of nitrogen functional groups attached to an aromatic ring is 1. The van der Waals surface area contributed by atoms with Gasteiger partial charge in [-0.25, -0.2) is 9.97 Å². The molecular formula is C13H15N5O. The van der Waals surface area contributed by atoms with E-state index >= 15 is 0 Å². The van der Waals surface area contributed by atoms with Crippen molar-refractivity contribution < 1.29 is 4.79 Å². The van der Waals surface area contributed by atoms with Gasteiger partial charge in [0.1, 0.15) is 12.1 Å². The molecule has 1 aliphatic rings. The predicted molar refractivity (Wildman–Crippen MR) is 73.6 cm³/mol. The van der Waals surface area contributed by atoms with Gasteiger partial charge in [-0.3, -0.25) is 4.79 Å². The monoisotopic (exact) mass is 257 g/mol. The molecule has 0 atom stereocenters. The lowest BCUT2D eigenvalue weighted by Gasteiger charge is -2.08. The van der Waals surface area contributed by atoms with Gasteiger partial charge in [0.25, 0.3) is 0 Å². The summed E-state index contributed by atoms with van der Waals surface area (Å²) >= 11 is 0. The molecule has 6 nitrogen and oxygen atoms in total. The fourth-order valence-electron chi connectivity index (χ4n) is 1.89. The molecule has 1 heterocycles. The predicted octanol–water partition coefficient (Wildman–Crippen LogP) is 0.902. The van der Waals surface area contributed by atoms with Crippen molar-refractivity contribution in [2.75, 3.05) is 17.6 Å². The van der Waals surface area contributed by atoms with Gasteiger partial charge in [-0.2, -0.15) is 0 Å². The number of nitrogens with one attached hydrogen (secondary N) is 2. The van der Waals surface area contributed by atoms with E-state index in [1.165, 1.54) is 6.33 Å². The van der Waals surface area contributed by atoms with Crippen LogP contribution in [0.25, 0.3) is 10.9 Å². The third kappa shape index (κ3) is 2.73. The van der Waals surface area contributed by atoms with Crippen molar-refractivity contribution in [2.24, 2.45) is 0 Å². The highest BCUT2D eigenvalue weighted by molar-refractivity contribution is 5.92. The van der Waals surface area contributed by atoms with E-state index in [4.69, 9.17) is 5.73 Å². The summed E-state index contributed by atoms with van der Waals surface area (Å²) in [5, 5.41) is 6.76. The first-order valence-corrected chi connectivity index (χ1v) is 6.26. The Morgan fingerprint density at radius 2 is 2.21 bits per heavy atom. The maximum absolute atomic E-state index is 11.6. The number of hydrogen-bond acceptors (Lipinski definition) is 5. The molecule has 0 unspecified atom stereocenters. The van der Waals surface area contributed by atoms with E-state index in [-0.39, 0.29) is 12.5 Å². The van der Waals surface area contributed by atoms with Crippen LogP contribution in [0.2, 0.25) is 0 Å². The highest BCUT2D eigenvalue weighted by Gasteiger charge is 2.22. The van der Waals surface area contributed by atoms with Gasteiger partial charge in [0.15, 0.2) is 0 Å². The van der Waals surface area contributed by atoms with E-state index in [1.54, 1.807) is 12.1 Å². The van der Waals surface area contributed by atoms with Gasteiger partial charge in [-0.15, -0.1) is 0 Å². The lowest BCUT2D eigenvalue weighted by Crippen LogP contribution is -2.31. The molecule has 1 aliphatic carbocycles. The number of aromatic nitrogens is 2. The number of carbonyl (C=O) groups excluding carboxylic acids is 1. The molecule has 2 aromatic rings. The first-order valence-electron chi connectivity index (χ1n) is 6.26. The molecule has 19 heavy (non-hydrogen) atoms. The fourth-order valence-corrected chi connectivity index (χ4v) is 1.89. The molecule has 0 bridgehead atoms. The molecule has 6 heteroatoms. The molecule has 4 N–H and O–H groups in total. The van der Waals surface area contributed by atoms with Gasteiger partial charge in [0.05, 0.1) is 12.1 Å². The van der Waals surface area contributed by atoms with Crippen LogP contribution in [-0.2, 0) is 4.79 Å². The summed E-state index contributed by atoms with van der Waals surface area (Å²) in [4.78, 5) is 19.9. The molecule has 1 amide bonds. The lowest BCUT2D eigenvalue weighted by molar-refractivity contribution is -0.119. The molecule has 1 aromatic heterocycles. The Morgan fingerprint density at radius 3 is 3.00 bits per heavy atom. The van der Waals surface area contributed by atoms with Crippen LogP contribution in [0, 0.1) is 0 Å². The van der Waals surface area contributed by atoms with E-state index in [0.29, 0.717) is 17.5 Å². The van der Waals surface area contributed by atoms with Crippen LogP contribution >= 0.6 is 0 Å². The molecule has 1 aromatic carbocycles. The highest BCUT2D eigenvalue weighted by atomic mass is 16.2. The third-order valence-corrected chi connectivity index (χ3v) is 3.02. The summed E-state index contributed by atoms with van der Waals surface area (Å²) in [6.45, 7) is 0.206. The zero-order valence-electron chi connectivity index (χ0n) is 10.4. The quantitative estimate of drug-likeness (QED) is 0.708. The van der Waals surface area contributed by atoms with Crippen LogP contribution in [0.5, 0.6) is 0 Å². The number of nitrogens with zero attached hydrogens (tertiary/aromatic N) is 2. The Kier molecular flexibility index (Phi) is 2.91. The number of fused-ring (bicyclic) bond motifs is 1. The van der Waals surface area contributed by atoms with Crippen molar-refractivity contribution in [1.29, 1.82) is 0 Å². The standard InChI is InChI=1S/C13H15N5O/c14-8-1-4-11-10(5-8)13(17-7-16-11)15-6-12(19)18-9-2-3-9/h1,4-5,7,9H,2-3,6,14H2,(H,18,19)(H,15,16,17). The molecule has 98 valence electrons. The van der Waals surface area contributed by atoms with E-state index in [9.17, 15) is 4.79 Å². The SMILES string of the molecule is Nc1ccc2ncnc(NCC(=O)NC3CC3)c2c1. The van der Waals surface area contributed by atoms with Gasteiger partial charge in [0, 0.05) is 17.1 Å². The lowest BCUT2D eigenvalue weighted by atomic mass is 10.2. The zero-order valence-corrected chi connectivity index (χ0v) is 10.4. The zero-order chi connectivity index (χ0) is 13.2. The number of carbonyl (C=O) groups is 1. The molecule has 0 saturated heterocycles. The first-order chi connectivity index (χ1) is 9.22. The van der Waals surface area contributed by atoms with Gasteiger partial charge in [0.2, 0.25) is 5.91 Å². The van der Waals surface area contributed by atoms with Crippen molar-refractivity contribution in [3.05, 3.63) is 24.5 Å². The Bertz CT molecular complexity index is 623. The van der Waals surface area contributed by atoms with Crippen molar-refractivity contribution >= 4 is 28.3 Å². The summed E-state index contributed by atoms with van der Waals surface area (Å²) in [6.07, 6.45) is 3.64. The van der Waals surface area contributed by atoms with Crippen LogP contribution in [0.1, 0.15) is 12.8 Å². The van der Waals surface area contributed by atoms with E-state index in [2.05, 4.69) is 20.6 Å². The van der Waals surface area contributed by atoms with E-state index in [0.717, 1.165) is 23.7 Å². The Labute approximate surface area is 110 Å². The van der Waals surface area contributed by atoms with E-state index < -0.39 is 0 Å². The summed E-state index contributed by atoms with van der Waals surface area (Å²) in [5.74, 6) is 0.612. The summed E-state index contributed by atoms with van der Waals surface area (Å²) in [7, 11) is 0. The topological polar surface area (TPSA) is 92.9 Å². The van der Waals surface area contributed by atoms with Crippen LogP contribution in [0.15, 0.2) is 24.5 Å². The van der Waals surface area contributed by atoms with Crippen molar-refractivity contribution in [1.82, 2.24) is 15.3 Å². The first kappa shape index (κ1) is 11.7. The number of hydrogen-bond donors (Lipinski definition) is 3. The smallest absolute Gasteiger partial charge is 0.239 e. The van der Waals surface area contributed by atoms with Crippen LogP contribution in [0.3, 0.4) is 0 Å².